The number of urea groups is 1. The van der Waals surface area contributed by atoms with E-state index in [0.29, 0.717) is 31.2 Å². The summed E-state index contributed by atoms with van der Waals surface area (Å²) in [5.74, 6) is 1.48. The van der Waals surface area contributed by atoms with Gasteiger partial charge in [0.15, 0.2) is 17.4 Å². The highest BCUT2D eigenvalue weighted by atomic mass is 19.1. The number of likely N-dealkylation sites (tertiary alicyclic amines) is 1. The number of halogens is 1. The first-order valence-corrected chi connectivity index (χ1v) is 10.9. The van der Waals surface area contributed by atoms with Crippen LogP contribution in [0.2, 0.25) is 0 Å². The van der Waals surface area contributed by atoms with Crippen LogP contribution < -0.4 is 15.4 Å². The van der Waals surface area contributed by atoms with Crippen LogP contribution in [0.1, 0.15) is 56.3 Å². The summed E-state index contributed by atoms with van der Waals surface area (Å²) in [6.07, 6.45) is 3.12. The maximum atomic E-state index is 13.9. The molecule has 0 spiro atoms. The molecule has 0 unspecified atom stereocenters. The monoisotopic (exact) mass is 433 g/mol. The standard InChI is InChI=1S/C22H32FN5O3/c1-15(2)21-26-20(31-27-21)5-4-10-24-22(29)25-17-8-11-28(12-9-17)14-16-6-7-19(30-3)18(23)13-16/h6-7,13,15,17H,4-5,8-12,14H2,1-3H3,(H2,24,25,29). The molecule has 0 atom stereocenters. The van der Waals surface area contributed by atoms with Gasteiger partial charge in [0.2, 0.25) is 5.89 Å². The van der Waals surface area contributed by atoms with Crippen molar-refractivity contribution in [2.75, 3.05) is 26.7 Å². The van der Waals surface area contributed by atoms with Crippen molar-refractivity contribution in [3.05, 3.63) is 41.3 Å². The minimum atomic E-state index is -0.340. The van der Waals surface area contributed by atoms with Gasteiger partial charge in [-0.05, 0) is 37.0 Å². The Balaban J connectivity index is 1.31. The molecule has 2 amide bonds. The van der Waals surface area contributed by atoms with E-state index in [-0.39, 0.29) is 29.6 Å². The number of carbonyl (C=O) groups is 1. The maximum absolute atomic E-state index is 13.9. The molecule has 0 aliphatic carbocycles. The highest BCUT2D eigenvalue weighted by Gasteiger charge is 2.21. The van der Waals surface area contributed by atoms with Crippen molar-refractivity contribution in [3.63, 3.8) is 0 Å². The fourth-order valence-electron chi connectivity index (χ4n) is 3.58. The summed E-state index contributed by atoms with van der Waals surface area (Å²) in [7, 11) is 1.46. The van der Waals surface area contributed by atoms with Gasteiger partial charge in [0, 0.05) is 44.6 Å². The van der Waals surface area contributed by atoms with Gasteiger partial charge >= 0.3 is 6.03 Å². The summed E-state index contributed by atoms with van der Waals surface area (Å²) in [6.45, 7) is 6.98. The lowest BCUT2D eigenvalue weighted by Crippen LogP contribution is -2.47. The van der Waals surface area contributed by atoms with Crippen LogP contribution in [-0.2, 0) is 13.0 Å². The molecule has 9 heteroatoms. The molecule has 170 valence electrons. The predicted molar refractivity (Wildman–Crippen MR) is 114 cm³/mol. The van der Waals surface area contributed by atoms with Crippen molar-refractivity contribution in [2.24, 2.45) is 0 Å². The van der Waals surface area contributed by atoms with Gasteiger partial charge in [-0.3, -0.25) is 4.90 Å². The highest BCUT2D eigenvalue weighted by molar-refractivity contribution is 5.74. The van der Waals surface area contributed by atoms with Crippen molar-refractivity contribution in [3.8, 4) is 5.75 Å². The molecule has 1 aromatic heterocycles. The fraction of sp³-hybridized carbons (Fsp3) is 0.591. The summed E-state index contributed by atoms with van der Waals surface area (Å²) >= 11 is 0. The Kier molecular flexibility index (Phi) is 8.22. The zero-order valence-electron chi connectivity index (χ0n) is 18.5. The van der Waals surface area contributed by atoms with Gasteiger partial charge < -0.3 is 19.9 Å². The lowest BCUT2D eigenvalue weighted by atomic mass is 10.0. The fourth-order valence-corrected chi connectivity index (χ4v) is 3.58. The van der Waals surface area contributed by atoms with Crippen LogP contribution in [-0.4, -0.2) is 53.9 Å². The number of amides is 2. The molecule has 0 bridgehead atoms. The van der Waals surface area contributed by atoms with Gasteiger partial charge in [-0.25, -0.2) is 9.18 Å². The molecule has 2 N–H and O–H groups in total. The topological polar surface area (TPSA) is 92.5 Å². The molecule has 1 aliphatic rings. The van der Waals surface area contributed by atoms with E-state index >= 15 is 0 Å². The number of aryl methyl sites for hydroxylation is 1. The number of hydrogen-bond donors (Lipinski definition) is 2. The smallest absolute Gasteiger partial charge is 0.315 e. The number of benzene rings is 1. The zero-order valence-corrected chi connectivity index (χ0v) is 18.5. The first kappa shape index (κ1) is 23.0. The maximum Gasteiger partial charge on any atom is 0.315 e. The normalized spacial score (nSPS) is 15.3. The third-order valence-electron chi connectivity index (χ3n) is 5.40. The van der Waals surface area contributed by atoms with Crippen LogP contribution >= 0.6 is 0 Å². The average Bonchev–Trinajstić information content (AvgIpc) is 3.22. The second-order valence-electron chi connectivity index (χ2n) is 8.22. The van der Waals surface area contributed by atoms with Crippen molar-refractivity contribution < 1.29 is 18.4 Å². The minimum absolute atomic E-state index is 0.147. The molecule has 8 nitrogen and oxygen atoms in total. The van der Waals surface area contributed by atoms with E-state index in [1.165, 1.54) is 13.2 Å². The van der Waals surface area contributed by atoms with Crippen LogP contribution in [0.5, 0.6) is 5.75 Å². The Hall–Kier alpha value is -2.68. The van der Waals surface area contributed by atoms with E-state index in [4.69, 9.17) is 9.26 Å². The first-order chi connectivity index (χ1) is 14.9. The molecule has 1 saturated heterocycles. The molecule has 0 saturated carbocycles. The molecule has 0 radical (unpaired) electrons. The Morgan fingerprint density at radius 2 is 2.13 bits per heavy atom. The van der Waals surface area contributed by atoms with Crippen molar-refractivity contribution in [2.45, 2.75) is 58.0 Å². The van der Waals surface area contributed by atoms with E-state index < -0.39 is 0 Å². The second-order valence-corrected chi connectivity index (χ2v) is 8.22. The number of rotatable bonds is 9. The number of nitrogens with zero attached hydrogens (tertiary/aromatic N) is 3. The number of aromatic nitrogens is 2. The quantitative estimate of drug-likeness (QED) is 0.590. The molecule has 1 aromatic carbocycles. The summed E-state index contributed by atoms with van der Waals surface area (Å²) in [5, 5.41) is 9.87. The predicted octanol–water partition coefficient (Wildman–Crippen LogP) is 3.24. The van der Waals surface area contributed by atoms with E-state index in [1.54, 1.807) is 6.07 Å². The number of carbonyl (C=O) groups excluding carboxylic acids is 1. The molecular formula is C22H32FN5O3. The largest absolute Gasteiger partial charge is 0.494 e. The van der Waals surface area contributed by atoms with Crippen LogP contribution in [0.15, 0.2) is 22.7 Å². The van der Waals surface area contributed by atoms with Gasteiger partial charge in [-0.2, -0.15) is 4.98 Å². The number of hydrogen-bond acceptors (Lipinski definition) is 6. The highest BCUT2D eigenvalue weighted by Crippen LogP contribution is 2.20. The Morgan fingerprint density at radius 3 is 2.77 bits per heavy atom. The lowest BCUT2D eigenvalue weighted by Gasteiger charge is -2.32. The van der Waals surface area contributed by atoms with E-state index in [1.807, 2.05) is 19.9 Å². The Bertz CT molecular complexity index is 849. The average molecular weight is 434 g/mol. The van der Waals surface area contributed by atoms with E-state index in [9.17, 15) is 9.18 Å². The summed E-state index contributed by atoms with van der Waals surface area (Å²) in [5.41, 5.74) is 0.921. The van der Waals surface area contributed by atoms with Crippen molar-refractivity contribution in [1.82, 2.24) is 25.7 Å². The molecule has 3 rings (SSSR count). The summed E-state index contributed by atoms with van der Waals surface area (Å²) in [4.78, 5) is 18.7. The third kappa shape index (κ3) is 6.92. The molecule has 1 aliphatic heterocycles. The van der Waals surface area contributed by atoms with Gasteiger partial charge in [0.1, 0.15) is 0 Å². The van der Waals surface area contributed by atoms with E-state index in [2.05, 4.69) is 25.7 Å². The SMILES string of the molecule is COc1ccc(CN2CCC(NC(=O)NCCCc3nc(C(C)C)no3)CC2)cc1F. The van der Waals surface area contributed by atoms with Gasteiger partial charge in [-0.1, -0.05) is 25.1 Å². The van der Waals surface area contributed by atoms with Crippen LogP contribution in [0, 0.1) is 5.82 Å². The first-order valence-electron chi connectivity index (χ1n) is 10.9. The van der Waals surface area contributed by atoms with Crippen LogP contribution in [0.3, 0.4) is 0 Å². The number of nitrogens with one attached hydrogen (secondary N) is 2. The van der Waals surface area contributed by atoms with E-state index in [0.717, 1.165) is 37.9 Å². The number of methoxy groups -OCH3 is 1. The summed E-state index contributed by atoms with van der Waals surface area (Å²) < 4.78 is 24.0. The van der Waals surface area contributed by atoms with Crippen molar-refractivity contribution in [1.29, 1.82) is 0 Å². The number of piperidine rings is 1. The van der Waals surface area contributed by atoms with Crippen molar-refractivity contribution >= 4 is 6.03 Å². The second kappa shape index (κ2) is 11.1. The Morgan fingerprint density at radius 1 is 1.35 bits per heavy atom. The van der Waals surface area contributed by atoms with Gasteiger partial charge in [0.05, 0.1) is 7.11 Å². The van der Waals surface area contributed by atoms with Gasteiger partial charge in [0.25, 0.3) is 0 Å². The van der Waals surface area contributed by atoms with Gasteiger partial charge in [-0.15, -0.1) is 0 Å². The number of ether oxygens (including phenoxy) is 1. The summed E-state index contributed by atoms with van der Waals surface area (Å²) in [6, 6.07) is 5.06. The zero-order chi connectivity index (χ0) is 22.2. The Labute approximate surface area is 182 Å². The van der Waals surface area contributed by atoms with Crippen LogP contribution in [0.25, 0.3) is 0 Å². The third-order valence-corrected chi connectivity index (χ3v) is 5.40. The molecule has 1 fully saturated rings. The molecular weight excluding hydrogens is 401 g/mol. The minimum Gasteiger partial charge on any atom is -0.494 e. The lowest BCUT2D eigenvalue weighted by molar-refractivity contribution is 0.186. The molecule has 31 heavy (non-hydrogen) atoms. The molecule has 2 heterocycles. The van der Waals surface area contributed by atoms with Crippen LogP contribution in [0.4, 0.5) is 9.18 Å². The molecule has 2 aromatic rings.